The van der Waals surface area contributed by atoms with Crippen LogP contribution in [0.3, 0.4) is 0 Å². The summed E-state index contributed by atoms with van der Waals surface area (Å²) in [5.74, 6) is -2.57. The summed E-state index contributed by atoms with van der Waals surface area (Å²) < 4.78 is 26.1. The molecule has 2 aromatic rings. The summed E-state index contributed by atoms with van der Waals surface area (Å²) in [7, 11) is 0. The number of aromatic carboxylic acids is 1. The van der Waals surface area contributed by atoms with Crippen molar-refractivity contribution < 1.29 is 18.7 Å². The lowest BCUT2D eigenvalue weighted by molar-refractivity contribution is 0.0698. The minimum atomic E-state index is -1.11. The highest BCUT2D eigenvalue weighted by Crippen LogP contribution is 2.23. The maximum atomic E-state index is 13.1. The van der Waals surface area contributed by atoms with Crippen LogP contribution in [0.2, 0.25) is 0 Å². The number of carboxylic acids is 1. The molecule has 2 N–H and O–H groups in total. The normalized spacial score (nSPS) is 10.3. The van der Waals surface area contributed by atoms with Gasteiger partial charge in [0.1, 0.15) is 11.6 Å². The molecule has 2 aromatic carbocycles. The van der Waals surface area contributed by atoms with Gasteiger partial charge in [0.15, 0.2) is 0 Å². The van der Waals surface area contributed by atoms with Crippen molar-refractivity contribution in [1.82, 2.24) is 0 Å². The molecular formula is C14H11F2NO2. The molecule has 0 fully saturated rings. The first-order chi connectivity index (χ1) is 8.95. The second kappa shape index (κ2) is 5.06. The number of carbonyl (C=O) groups is 1. The summed E-state index contributed by atoms with van der Waals surface area (Å²) in [4.78, 5) is 11.1. The summed E-state index contributed by atoms with van der Waals surface area (Å²) in [6.07, 6.45) is 0. The largest absolute Gasteiger partial charge is 0.478 e. The highest BCUT2D eigenvalue weighted by atomic mass is 19.1. The highest BCUT2D eigenvalue weighted by molar-refractivity contribution is 5.95. The van der Waals surface area contributed by atoms with E-state index < -0.39 is 17.6 Å². The molecule has 0 saturated heterocycles. The lowest BCUT2D eigenvalue weighted by atomic mass is 10.1. The van der Waals surface area contributed by atoms with Gasteiger partial charge in [0.05, 0.1) is 11.3 Å². The maximum absolute atomic E-state index is 13.1. The first kappa shape index (κ1) is 13.0. The van der Waals surface area contributed by atoms with E-state index >= 15 is 0 Å². The third-order valence-electron chi connectivity index (χ3n) is 2.55. The average Bonchev–Trinajstić information content (AvgIpc) is 2.26. The van der Waals surface area contributed by atoms with Crippen LogP contribution in [0.5, 0.6) is 0 Å². The van der Waals surface area contributed by atoms with Gasteiger partial charge in [0.25, 0.3) is 0 Å². The van der Waals surface area contributed by atoms with Crippen molar-refractivity contribution in [2.45, 2.75) is 6.92 Å². The highest BCUT2D eigenvalue weighted by Gasteiger charge is 2.11. The van der Waals surface area contributed by atoms with Gasteiger partial charge in [-0.15, -0.1) is 0 Å². The zero-order valence-electron chi connectivity index (χ0n) is 10.1. The van der Waals surface area contributed by atoms with Gasteiger partial charge in [-0.25, -0.2) is 13.6 Å². The molecule has 0 saturated carbocycles. The summed E-state index contributed by atoms with van der Waals surface area (Å²) in [5.41, 5.74) is 1.32. The van der Waals surface area contributed by atoms with Crippen LogP contribution in [0.25, 0.3) is 0 Å². The second-order valence-corrected chi connectivity index (χ2v) is 4.14. The topological polar surface area (TPSA) is 49.3 Å². The van der Waals surface area contributed by atoms with Crippen molar-refractivity contribution in [1.29, 1.82) is 0 Å². The average molecular weight is 263 g/mol. The van der Waals surface area contributed by atoms with Crippen molar-refractivity contribution in [3.05, 3.63) is 59.2 Å². The molecule has 19 heavy (non-hydrogen) atoms. The molecule has 0 aliphatic rings. The van der Waals surface area contributed by atoms with E-state index in [1.165, 1.54) is 6.07 Å². The standard InChI is InChI=1S/C14H11F2NO2/c1-8-2-3-12(14(18)19)13(4-8)17-11-6-9(15)5-10(16)7-11/h2-7,17H,1H3,(H,18,19). The number of anilines is 2. The van der Waals surface area contributed by atoms with Gasteiger partial charge in [0.2, 0.25) is 0 Å². The molecule has 2 rings (SSSR count). The second-order valence-electron chi connectivity index (χ2n) is 4.14. The molecular weight excluding hydrogens is 252 g/mol. The summed E-state index contributed by atoms with van der Waals surface area (Å²) in [6, 6.07) is 7.64. The molecule has 3 nitrogen and oxygen atoms in total. The van der Waals surface area contributed by atoms with E-state index in [0.29, 0.717) is 0 Å². The van der Waals surface area contributed by atoms with Crippen LogP contribution in [0.1, 0.15) is 15.9 Å². The predicted molar refractivity (Wildman–Crippen MR) is 67.8 cm³/mol. The fraction of sp³-hybridized carbons (Fsp3) is 0.0714. The molecule has 0 heterocycles. The molecule has 98 valence electrons. The van der Waals surface area contributed by atoms with Gasteiger partial charge in [0, 0.05) is 11.8 Å². The molecule has 0 radical (unpaired) electrons. The van der Waals surface area contributed by atoms with E-state index in [2.05, 4.69) is 5.32 Å². The fourth-order valence-corrected chi connectivity index (χ4v) is 1.73. The molecule has 0 bridgehead atoms. The monoisotopic (exact) mass is 263 g/mol. The van der Waals surface area contributed by atoms with Crippen LogP contribution >= 0.6 is 0 Å². The van der Waals surface area contributed by atoms with Crippen LogP contribution < -0.4 is 5.32 Å². The molecule has 0 aliphatic carbocycles. The molecule has 0 aliphatic heterocycles. The number of rotatable bonds is 3. The van der Waals surface area contributed by atoms with E-state index in [9.17, 15) is 13.6 Å². The SMILES string of the molecule is Cc1ccc(C(=O)O)c(Nc2cc(F)cc(F)c2)c1. The third kappa shape index (κ3) is 3.07. The van der Waals surface area contributed by atoms with Crippen LogP contribution in [0.4, 0.5) is 20.2 Å². The molecule has 0 aromatic heterocycles. The fourth-order valence-electron chi connectivity index (χ4n) is 1.73. The number of benzene rings is 2. The predicted octanol–water partition coefficient (Wildman–Crippen LogP) is 3.72. The zero-order chi connectivity index (χ0) is 14.0. The Morgan fingerprint density at radius 3 is 2.32 bits per heavy atom. The van der Waals surface area contributed by atoms with Gasteiger partial charge < -0.3 is 10.4 Å². The lowest BCUT2D eigenvalue weighted by Crippen LogP contribution is -2.03. The smallest absolute Gasteiger partial charge is 0.337 e. The van der Waals surface area contributed by atoms with Gasteiger partial charge in [-0.05, 0) is 36.8 Å². The van der Waals surface area contributed by atoms with Crippen molar-refractivity contribution in [3.8, 4) is 0 Å². The molecule has 0 unspecified atom stereocenters. The number of hydrogen-bond donors (Lipinski definition) is 2. The molecule has 0 atom stereocenters. The van der Waals surface area contributed by atoms with Crippen molar-refractivity contribution in [3.63, 3.8) is 0 Å². The Labute approximate surface area is 108 Å². The summed E-state index contributed by atoms with van der Waals surface area (Å²) in [6.45, 7) is 1.79. The number of hydrogen-bond acceptors (Lipinski definition) is 2. The number of halogens is 2. The van der Waals surface area contributed by atoms with E-state index in [1.54, 1.807) is 19.1 Å². The van der Waals surface area contributed by atoms with Crippen LogP contribution in [0, 0.1) is 18.6 Å². The Kier molecular flexibility index (Phi) is 3.46. The van der Waals surface area contributed by atoms with E-state index in [0.717, 1.165) is 23.8 Å². The van der Waals surface area contributed by atoms with Crippen LogP contribution in [-0.2, 0) is 0 Å². The minimum Gasteiger partial charge on any atom is -0.478 e. The molecule has 5 heteroatoms. The van der Waals surface area contributed by atoms with Crippen molar-refractivity contribution >= 4 is 17.3 Å². The Hall–Kier alpha value is -2.43. The van der Waals surface area contributed by atoms with Gasteiger partial charge in [-0.1, -0.05) is 6.07 Å². The van der Waals surface area contributed by atoms with Crippen LogP contribution in [-0.4, -0.2) is 11.1 Å². The minimum absolute atomic E-state index is 0.0373. The van der Waals surface area contributed by atoms with E-state index in [-0.39, 0.29) is 16.9 Å². The number of carboxylic acid groups (broad SMARTS) is 1. The Balaban J connectivity index is 2.42. The zero-order valence-corrected chi connectivity index (χ0v) is 10.1. The van der Waals surface area contributed by atoms with Crippen molar-refractivity contribution in [2.75, 3.05) is 5.32 Å². The Morgan fingerprint density at radius 2 is 1.74 bits per heavy atom. The first-order valence-corrected chi connectivity index (χ1v) is 5.53. The first-order valence-electron chi connectivity index (χ1n) is 5.53. The number of nitrogens with one attached hydrogen (secondary N) is 1. The third-order valence-corrected chi connectivity index (χ3v) is 2.55. The van der Waals surface area contributed by atoms with Crippen molar-refractivity contribution in [2.24, 2.45) is 0 Å². The van der Waals surface area contributed by atoms with Gasteiger partial charge in [-0.3, -0.25) is 0 Å². The lowest BCUT2D eigenvalue weighted by Gasteiger charge is -2.11. The molecule has 0 amide bonds. The van der Waals surface area contributed by atoms with Gasteiger partial charge >= 0.3 is 5.97 Å². The van der Waals surface area contributed by atoms with Crippen LogP contribution in [0.15, 0.2) is 36.4 Å². The quantitative estimate of drug-likeness (QED) is 0.887. The summed E-state index contributed by atoms with van der Waals surface area (Å²) in [5, 5.41) is 11.8. The Bertz CT molecular complexity index is 621. The summed E-state index contributed by atoms with van der Waals surface area (Å²) >= 11 is 0. The van der Waals surface area contributed by atoms with Gasteiger partial charge in [-0.2, -0.15) is 0 Å². The van der Waals surface area contributed by atoms with E-state index in [1.807, 2.05) is 0 Å². The number of aryl methyl sites for hydroxylation is 1. The van der Waals surface area contributed by atoms with E-state index in [4.69, 9.17) is 5.11 Å². The molecule has 0 spiro atoms. The maximum Gasteiger partial charge on any atom is 0.337 e. The Morgan fingerprint density at radius 1 is 1.11 bits per heavy atom.